The summed E-state index contributed by atoms with van der Waals surface area (Å²) in [5.41, 5.74) is 3.11. The van der Waals surface area contributed by atoms with Crippen molar-refractivity contribution in [2.45, 2.75) is 45.8 Å². The van der Waals surface area contributed by atoms with Gasteiger partial charge in [0.1, 0.15) is 12.6 Å². The Morgan fingerprint density at radius 3 is 2.16 bits per heavy atom. The Labute approximate surface area is 234 Å². The third kappa shape index (κ3) is 8.16. The number of halogens is 1. The van der Waals surface area contributed by atoms with E-state index in [1.165, 1.54) is 4.90 Å². The van der Waals surface area contributed by atoms with E-state index in [9.17, 15) is 18.0 Å². The third-order valence-electron chi connectivity index (χ3n) is 5.94. The van der Waals surface area contributed by atoms with Gasteiger partial charge < -0.3 is 10.2 Å². The van der Waals surface area contributed by atoms with Crippen LogP contribution >= 0.6 is 15.9 Å². The fourth-order valence-electron chi connectivity index (χ4n) is 4.19. The molecule has 38 heavy (non-hydrogen) atoms. The van der Waals surface area contributed by atoms with Crippen molar-refractivity contribution in [3.05, 3.63) is 100 Å². The minimum atomic E-state index is -3.82. The highest BCUT2D eigenvalue weighted by atomic mass is 79.9. The zero-order valence-corrected chi connectivity index (χ0v) is 24.5. The topological polar surface area (TPSA) is 86.8 Å². The van der Waals surface area contributed by atoms with E-state index in [0.717, 1.165) is 27.3 Å². The molecule has 0 aliphatic rings. The molecule has 0 saturated heterocycles. The van der Waals surface area contributed by atoms with Crippen LogP contribution in [0.15, 0.2) is 83.3 Å². The number of aryl methyl sites for hydroxylation is 1. The number of hydrogen-bond acceptors (Lipinski definition) is 4. The summed E-state index contributed by atoms with van der Waals surface area (Å²) in [4.78, 5) is 29.0. The standard InChI is InChI=1S/C29H34BrN3O4S/c1-21(2)31-29(35)27(18-23-12-6-5-7-13-23)32(19-24-14-10-11-22(3)17-24)28(34)20-33(38(4,36)37)26-16-9-8-15-25(26)30/h5-17,21,27H,18-20H2,1-4H3,(H,31,35). The number of rotatable bonds is 11. The van der Waals surface area contributed by atoms with E-state index in [2.05, 4.69) is 21.2 Å². The van der Waals surface area contributed by atoms with Gasteiger partial charge in [0.05, 0.1) is 11.9 Å². The van der Waals surface area contributed by atoms with E-state index >= 15 is 0 Å². The van der Waals surface area contributed by atoms with Crippen LogP contribution in [0, 0.1) is 6.92 Å². The molecular weight excluding hydrogens is 566 g/mol. The van der Waals surface area contributed by atoms with Gasteiger partial charge in [-0.1, -0.05) is 72.3 Å². The van der Waals surface area contributed by atoms with Crippen LogP contribution in [0.5, 0.6) is 0 Å². The second-order valence-corrected chi connectivity index (χ2v) is 12.4. The van der Waals surface area contributed by atoms with Gasteiger partial charge in [-0.15, -0.1) is 0 Å². The summed E-state index contributed by atoms with van der Waals surface area (Å²) in [6.07, 6.45) is 1.35. The molecule has 3 rings (SSSR count). The summed E-state index contributed by atoms with van der Waals surface area (Å²) in [6, 6.07) is 23.1. The summed E-state index contributed by atoms with van der Waals surface area (Å²) in [5, 5.41) is 2.95. The normalized spacial score (nSPS) is 12.2. The predicted octanol–water partition coefficient (Wildman–Crippen LogP) is 4.69. The maximum atomic E-state index is 14.0. The molecule has 0 saturated carbocycles. The van der Waals surface area contributed by atoms with Crippen LogP contribution in [-0.4, -0.2) is 50.0 Å². The molecule has 3 aromatic carbocycles. The molecule has 0 radical (unpaired) electrons. The summed E-state index contributed by atoms with van der Waals surface area (Å²) >= 11 is 3.41. The monoisotopic (exact) mass is 599 g/mol. The molecule has 0 aliphatic heterocycles. The molecule has 1 N–H and O–H groups in total. The van der Waals surface area contributed by atoms with E-state index < -0.39 is 28.5 Å². The van der Waals surface area contributed by atoms with E-state index in [1.54, 1.807) is 24.3 Å². The molecule has 0 bridgehead atoms. The minimum Gasteiger partial charge on any atom is -0.352 e. The van der Waals surface area contributed by atoms with Crippen molar-refractivity contribution in [1.82, 2.24) is 10.2 Å². The van der Waals surface area contributed by atoms with Gasteiger partial charge in [-0.05, 0) is 60.0 Å². The van der Waals surface area contributed by atoms with Crippen LogP contribution in [0.4, 0.5) is 5.69 Å². The van der Waals surface area contributed by atoms with E-state index in [0.29, 0.717) is 10.2 Å². The highest BCUT2D eigenvalue weighted by molar-refractivity contribution is 9.10. The number of hydrogen-bond donors (Lipinski definition) is 1. The van der Waals surface area contributed by atoms with Crippen molar-refractivity contribution in [2.24, 2.45) is 0 Å². The zero-order chi connectivity index (χ0) is 27.9. The number of benzene rings is 3. The number of carbonyl (C=O) groups is 2. The largest absolute Gasteiger partial charge is 0.352 e. The maximum absolute atomic E-state index is 14.0. The van der Waals surface area contributed by atoms with E-state index in [1.807, 2.05) is 75.4 Å². The number of nitrogens with one attached hydrogen (secondary N) is 1. The Morgan fingerprint density at radius 1 is 0.921 bits per heavy atom. The quantitative estimate of drug-likeness (QED) is 0.346. The minimum absolute atomic E-state index is 0.135. The first kappa shape index (κ1) is 29.4. The highest BCUT2D eigenvalue weighted by Gasteiger charge is 2.33. The SMILES string of the molecule is Cc1cccc(CN(C(=O)CN(c2ccccc2Br)S(C)(=O)=O)C(Cc2ccccc2)C(=O)NC(C)C)c1. The number of carbonyl (C=O) groups excluding carboxylic acids is 2. The lowest BCUT2D eigenvalue weighted by Crippen LogP contribution is -2.54. The number of para-hydroxylation sites is 1. The molecule has 3 aromatic rings. The van der Waals surface area contributed by atoms with Gasteiger partial charge in [0.25, 0.3) is 0 Å². The first-order valence-corrected chi connectivity index (χ1v) is 15.0. The van der Waals surface area contributed by atoms with Gasteiger partial charge in [0, 0.05) is 23.5 Å². The summed E-state index contributed by atoms with van der Waals surface area (Å²) in [6.45, 7) is 5.39. The Morgan fingerprint density at radius 2 is 1.55 bits per heavy atom. The maximum Gasteiger partial charge on any atom is 0.244 e. The highest BCUT2D eigenvalue weighted by Crippen LogP contribution is 2.28. The molecule has 1 atom stereocenters. The van der Waals surface area contributed by atoms with Crippen LogP contribution in [0.1, 0.15) is 30.5 Å². The molecule has 0 aromatic heterocycles. The zero-order valence-electron chi connectivity index (χ0n) is 22.1. The van der Waals surface area contributed by atoms with Gasteiger partial charge in [-0.3, -0.25) is 13.9 Å². The first-order valence-electron chi connectivity index (χ1n) is 12.4. The van der Waals surface area contributed by atoms with Crippen molar-refractivity contribution in [3.8, 4) is 0 Å². The van der Waals surface area contributed by atoms with Crippen molar-refractivity contribution in [1.29, 1.82) is 0 Å². The van der Waals surface area contributed by atoms with Gasteiger partial charge in [-0.2, -0.15) is 0 Å². The second-order valence-electron chi connectivity index (χ2n) is 9.60. The number of nitrogens with zero attached hydrogens (tertiary/aromatic N) is 2. The molecule has 0 fully saturated rings. The van der Waals surface area contributed by atoms with Gasteiger partial charge in [0.2, 0.25) is 21.8 Å². The van der Waals surface area contributed by atoms with Crippen molar-refractivity contribution in [3.63, 3.8) is 0 Å². The molecule has 7 nitrogen and oxygen atoms in total. The van der Waals surface area contributed by atoms with E-state index in [4.69, 9.17) is 0 Å². The van der Waals surface area contributed by atoms with Crippen molar-refractivity contribution >= 4 is 43.5 Å². The van der Waals surface area contributed by atoms with Gasteiger partial charge >= 0.3 is 0 Å². The molecule has 0 aliphatic carbocycles. The van der Waals surface area contributed by atoms with Crippen LogP contribution < -0.4 is 9.62 Å². The predicted molar refractivity (Wildman–Crippen MR) is 155 cm³/mol. The third-order valence-corrected chi connectivity index (χ3v) is 7.73. The van der Waals surface area contributed by atoms with Crippen LogP contribution in [0.25, 0.3) is 0 Å². The van der Waals surface area contributed by atoms with Crippen LogP contribution in [0.3, 0.4) is 0 Å². The number of amides is 2. The van der Waals surface area contributed by atoms with Crippen LogP contribution in [0.2, 0.25) is 0 Å². The lowest BCUT2D eigenvalue weighted by molar-refractivity contribution is -0.140. The lowest BCUT2D eigenvalue weighted by Gasteiger charge is -2.34. The fraction of sp³-hybridized carbons (Fsp3) is 0.310. The molecule has 2 amide bonds. The van der Waals surface area contributed by atoms with Crippen molar-refractivity contribution < 1.29 is 18.0 Å². The molecule has 202 valence electrons. The molecule has 9 heteroatoms. The number of sulfonamides is 1. The Kier molecular flexibility index (Phi) is 10.1. The fourth-order valence-corrected chi connectivity index (χ4v) is 5.67. The first-order chi connectivity index (χ1) is 18.0. The molecule has 0 spiro atoms. The van der Waals surface area contributed by atoms with Gasteiger partial charge in [0.15, 0.2) is 0 Å². The second kappa shape index (κ2) is 13.1. The summed E-state index contributed by atoms with van der Waals surface area (Å²) < 4.78 is 27.3. The molecule has 0 heterocycles. The number of anilines is 1. The lowest BCUT2D eigenvalue weighted by atomic mass is 10.0. The Balaban J connectivity index is 2.07. The average molecular weight is 601 g/mol. The van der Waals surface area contributed by atoms with Gasteiger partial charge in [-0.25, -0.2) is 8.42 Å². The van der Waals surface area contributed by atoms with Crippen molar-refractivity contribution in [2.75, 3.05) is 17.1 Å². The Hall–Kier alpha value is -3.17. The average Bonchev–Trinajstić information content (AvgIpc) is 2.84. The van der Waals surface area contributed by atoms with Crippen LogP contribution in [-0.2, 0) is 32.6 Å². The molecule has 1 unspecified atom stereocenters. The molecular formula is C29H34BrN3O4S. The Bertz CT molecular complexity index is 1360. The summed E-state index contributed by atoms with van der Waals surface area (Å²) in [7, 11) is -3.82. The van der Waals surface area contributed by atoms with E-state index in [-0.39, 0.29) is 24.9 Å². The summed E-state index contributed by atoms with van der Waals surface area (Å²) in [5.74, 6) is -0.774. The smallest absolute Gasteiger partial charge is 0.244 e.